The first-order chi connectivity index (χ1) is 17.3. The Morgan fingerprint density at radius 3 is 2.43 bits per heavy atom. The Morgan fingerprint density at radius 1 is 1.14 bits per heavy atom. The number of ketones is 2. The summed E-state index contributed by atoms with van der Waals surface area (Å²) in [6, 6.07) is 0.865. The SMILES string of the molecule is NC(=O)C1=C(O)C[C@@H]2CC3Cc4c(F)cc(NC(=O)CC5CC(F)C5)c(O)c4C(=O)C3=C(O)[C@]2(O)C1=O. The number of fused-ring (bicyclic) bond motifs is 3. The second kappa shape index (κ2) is 8.37. The van der Waals surface area contributed by atoms with E-state index in [0.717, 1.165) is 6.07 Å². The van der Waals surface area contributed by atoms with Crippen molar-refractivity contribution in [3.05, 3.63) is 45.7 Å². The van der Waals surface area contributed by atoms with Crippen molar-refractivity contribution in [2.24, 2.45) is 23.5 Å². The molecule has 10 nitrogen and oxygen atoms in total. The number of nitrogens with one attached hydrogen (secondary N) is 1. The summed E-state index contributed by atoms with van der Waals surface area (Å²) in [6.07, 6.45) is -1.30. The number of allylic oxidation sites excluding steroid dienone is 2. The zero-order chi connectivity index (χ0) is 27.0. The van der Waals surface area contributed by atoms with Crippen LogP contribution in [-0.2, 0) is 20.8 Å². The number of aromatic hydroxyl groups is 1. The molecular formula is C25H24F2N2O8. The minimum atomic E-state index is -2.73. The number of carbonyl (C=O) groups is 4. The van der Waals surface area contributed by atoms with Gasteiger partial charge in [0.25, 0.3) is 5.91 Å². The Morgan fingerprint density at radius 2 is 1.81 bits per heavy atom. The largest absolute Gasteiger partial charge is 0.511 e. The van der Waals surface area contributed by atoms with Crippen LogP contribution in [-0.4, -0.2) is 55.6 Å². The first kappa shape index (κ1) is 24.9. The van der Waals surface area contributed by atoms with Gasteiger partial charge in [0.05, 0.1) is 11.3 Å². The number of alkyl halides is 1. The third-order valence-corrected chi connectivity index (χ3v) is 7.93. The van der Waals surface area contributed by atoms with E-state index in [0.29, 0.717) is 0 Å². The quantitative estimate of drug-likeness (QED) is 0.257. The van der Waals surface area contributed by atoms with Crippen molar-refractivity contribution < 1.29 is 48.4 Å². The van der Waals surface area contributed by atoms with Crippen molar-refractivity contribution in [1.29, 1.82) is 0 Å². The fourth-order valence-electron chi connectivity index (χ4n) is 6.02. The lowest BCUT2D eigenvalue weighted by Gasteiger charge is -2.45. The van der Waals surface area contributed by atoms with Crippen molar-refractivity contribution in [2.45, 2.75) is 50.3 Å². The number of benzene rings is 1. The Kier molecular flexibility index (Phi) is 5.63. The molecule has 5 rings (SSSR count). The Balaban J connectivity index is 1.53. The van der Waals surface area contributed by atoms with E-state index in [9.17, 15) is 44.0 Å². The van der Waals surface area contributed by atoms with Crippen molar-refractivity contribution in [3.63, 3.8) is 0 Å². The third kappa shape index (κ3) is 3.61. The van der Waals surface area contributed by atoms with Gasteiger partial charge in [0, 0.05) is 36.0 Å². The van der Waals surface area contributed by atoms with Gasteiger partial charge in [-0.25, -0.2) is 8.78 Å². The summed E-state index contributed by atoms with van der Waals surface area (Å²) in [5.41, 5.74) is -0.0127. The monoisotopic (exact) mass is 518 g/mol. The maximum absolute atomic E-state index is 15.1. The van der Waals surface area contributed by atoms with E-state index in [1.807, 2.05) is 0 Å². The molecule has 2 amide bonds. The number of carbonyl (C=O) groups excluding carboxylic acids is 4. The van der Waals surface area contributed by atoms with E-state index < -0.39 is 98.9 Å². The highest BCUT2D eigenvalue weighted by Gasteiger charge is 2.59. The average molecular weight is 518 g/mol. The summed E-state index contributed by atoms with van der Waals surface area (Å²) < 4.78 is 28.1. The molecule has 1 aromatic carbocycles. The first-order valence-electron chi connectivity index (χ1n) is 11.8. The number of primary amides is 1. The number of phenols is 1. The number of anilines is 1. The van der Waals surface area contributed by atoms with E-state index in [4.69, 9.17) is 5.73 Å². The van der Waals surface area contributed by atoms with Gasteiger partial charge in [-0.05, 0) is 37.5 Å². The normalized spacial score (nSPS) is 30.8. The zero-order valence-corrected chi connectivity index (χ0v) is 19.4. The molecule has 37 heavy (non-hydrogen) atoms. The molecular weight excluding hydrogens is 494 g/mol. The summed E-state index contributed by atoms with van der Waals surface area (Å²) in [6.45, 7) is 0. The maximum atomic E-state index is 15.1. The van der Waals surface area contributed by atoms with E-state index in [1.165, 1.54) is 0 Å². The Hall–Kier alpha value is -3.80. The van der Waals surface area contributed by atoms with Crippen molar-refractivity contribution in [3.8, 4) is 5.75 Å². The van der Waals surface area contributed by atoms with E-state index >= 15 is 4.39 Å². The number of hydrogen-bond acceptors (Lipinski definition) is 8. The summed E-state index contributed by atoms with van der Waals surface area (Å²) in [7, 11) is 0. The lowest BCUT2D eigenvalue weighted by molar-refractivity contribution is -0.144. The number of rotatable bonds is 4. The molecule has 1 unspecified atom stereocenters. The molecule has 7 N–H and O–H groups in total. The highest BCUT2D eigenvalue weighted by atomic mass is 19.1. The Labute approximate surface area is 208 Å². The molecule has 0 saturated heterocycles. The van der Waals surface area contributed by atoms with Gasteiger partial charge in [-0.3, -0.25) is 19.2 Å². The molecule has 4 aliphatic rings. The second-order valence-electron chi connectivity index (χ2n) is 10.2. The number of amides is 2. The minimum Gasteiger partial charge on any atom is -0.511 e. The van der Waals surface area contributed by atoms with Crippen LogP contribution < -0.4 is 11.1 Å². The molecule has 4 aliphatic carbocycles. The first-order valence-corrected chi connectivity index (χ1v) is 11.8. The van der Waals surface area contributed by atoms with Gasteiger partial charge < -0.3 is 31.5 Å². The van der Waals surface area contributed by atoms with E-state index in [2.05, 4.69) is 5.32 Å². The average Bonchev–Trinajstić information content (AvgIpc) is 2.78. The van der Waals surface area contributed by atoms with Crippen LogP contribution in [0.3, 0.4) is 0 Å². The molecule has 3 atom stereocenters. The van der Waals surface area contributed by atoms with Crippen molar-refractivity contribution >= 4 is 29.1 Å². The lowest BCUT2D eigenvalue weighted by Crippen LogP contribution is -2.57. The zero-order valence-electron chi connectivity index (χ0n) is 19.4. The number of Topliss-reactive ketones (excluding diaryl/α,β-unsaturated/α-hetero) is 2. The predicted octanol–water partition coefficient (Wildman–Crippen LogP) is 1.80. The fourth-order valence-corrected chi connectivity index (χ4v) is 6.02. The van der Waals surface area contributed by atoms with Gasteiger partial charge in [-0.2, -0.15) is 0 Å². The van der Waals surface area contributed by atoms with Crippen LogP contribution in [0.15, 0.2) is 28.7 Å². The number of phenolic OH excluding ortho intramolecular Hbond substituents is 1. The van der Waals surface area contributed by atoms with Crippen LogP contribution in [0.2, 0.25) is 0 Å². The smallest absolute Gasteiger partial charge is 0.255 e. The molecule has 0 heterocycles. The molecule has 0 radical (unpaired) electrons. The summed E-state index contributed by atoms with van der Waals surface area (Å²) >= 11 is 0. The van der Waals surface area contributed by atoms with Crippen LogP contribution in [0.5, 0.6) is 5.75 Å². The minimum absolute atomic E-state index is 0.0559. The summed E-state index contributed by atoms with van der Waals surface area (Å²) in [4.78, 5) is 50.5. The fraction of sp³-hybridized carbons (Fsp3) is 0.440. The molecule has 0 aliphatic heterocycles. The van der Waals surface area contributed by atoms with Gasteiger partial charge >= 0.3 is 0 Å². The number of halogens is 2. The van der Waals surface area contributed by atoms with Crippen LogP contribution in [0, 0.1) is 23.6 Å². The van der Waals surface area contributed by atoms with Gasteiger partial charge in [-0.1, -0.05) is 0 Å². The highest BCUT2D eigenvalue weighted by molar-refractivity contribution is 6.24. The van der Waals surface area contributed by atoms with Gasteiger partial charge in [-0.15, -0.1) is 0 Å². The summed E-state index contributed by atoms with van der Waals surface area (Å²) in [5.74, 6) is -9.91. The molecule has 196 valence electrons. The molecule has 12 heteroatoms. The lowest BCUT2D eigenvalue weighted by atomic mass is 9.60. The van der Waals surface area contributed by atoms with Gasteiger partial charge in [0.1, 0.15) is 29.1 Å². The van der Waals surface area contributed by atoms with Crippen molar-refractivity contribution in [1.82, 2.24) is 0 Å². The standard InChI is InChI=1S/C25H24F2N2O8/c26-11-1-8(2-11)3-16(31)29-14-7-13(27)12-5-9-4-10-6-15(30)19(24(28)36)23(35)25(10,37)22(34)17(9)21(33)18(12)20(14)32/h7-11,30,32,34,37H,1-6H2,(H2,28,36)(H,29,31)/t8?,9?,10-,11?,25-/m0/s1. The number of nitrogens with two attached hydrogens (primary N) is 1. The van der Waals surface area contributed by atoms with Crippen molar-refractivity contribution in [2.75, 3.05) is 5.32 Å². The van der Waals surface area contributed by atoms with Crippen LogP contribution >= 0.6 is 0 Å². The van der Waals surface area contributed by atoms with Gasteiger partial charge in [0.15, 0.2) is 17.1 Å². The predicted molar refractivity (Wildman–Crippen MR) is 122 cm³/mol. The van der Waals surface area contributed by atoms with Crippen LogP contribution in [0.1, 0.15) is 48.0 Å². The second-order valence-corrected chi connectivity index (χ2v) is 10.2. The van der Waals surface area contributed by atoms with Gasteiger partial charge in [0.2, 0.25) is 11.7 Å². The number of hydrogen-bond donors (Lipinski definition) is 6. The third-order valence-electron chi connectivity index (χ3n) is 7.93. The topological polar surface area (TPSA) is 187 Å². The number of aliphatic hydroxyl groups excluding tert-OH is 2. The molecule has 1 aromatic rings. The number of aliphatic hydroxyl groups is 3. The van der Waals surface area contributed by atoms with Crippen LogP contribution in [0.4, 0.5) is 14.5 Å². The maximum Gasteiger partial charge on any atom is 0.255 e. The van der Waals surface area contributed by atoms with E-state index in [1.54, 1.807) is 0 Å². The van der Waals surface area contributed by atoms with E-state index in [-0.39, 0.29) is 43.6 Å². The Bertz CT molecular complexity index is 1350. The molecule has 0 spiro atoms. The molecule has 1 saturated carbocycles. The highest BCUT2D eigenvalue weighted by Crippen LogP contribution is 2.52. The molecule has 0 bridgehead atoms. The summed E-state index contributed by atoms with van der Waals surface area (Å²) in [5, 5.41) is 45.5. The molecule has 1 fully saturated rings. The van der Waals surface area contributed by atoms with Crippen LogP contribution in [0.25, 0.3) is 0 Å². The molecule has 0 aromatic heterocycles.